The molecule has 0 heterocycles. The van der Waals surface area contributed by atoms with Crippen LogP contribution >= 0.6 is 0 Å². The molecule has 4 N–H and O–H groups in total. The molecule has 19 heavy (non-hydrogen) atoms. The number of hydrogen-bond acceptors (Lipinski definition) is 4. The zero-order chi connectivity index (χ0) is 14.3. The molecular formula is C13H17NO5. The van der Waals surface area contributed by atoms with Crippen molar-refractivity contribution in [1.29, 1.82) is 0 Å². The fourth-order valence-corrected chi connectivity index (χ4v) is 1.53. The minimum Gasteiger partial charge on any atom is -0.508 e. The first-order chi connectivity index (χ1) is 9.00. The number of benzene rings is 1. The minimum atomic E-state index is -1.46. The summed E-state index contributed by atoms with van der Waals surface area (Å²) in [6, 6.07) is 6.76. The van der Waals surface area contributed by atoms with Gasteiger partial charge >= 0.3 is 5.97 Å². The maximum atomic E-state index is 11.5. The number of carbonyl (C=O) groups is 2. The Morgan fingerprint density at radius 3 is 2.58 bits per heavy atom. The highest BCUT2D eigenvalue weighted by Crippen LogP contribution is 2.16. The van der Waals surface area contributed by atoms with Crippen LogP contribution in [0.3, 0.4) is 0 Å². The number of amides is 1. The number of aromatic hydroxyl groups is 1. The van der Waals surface area contributed by atoms with E-state index in [9.17, 15) is 14.7 Å². The van der Waals surface area contributed by atoms with Crippen LogP contribution in [0.1, 0.15) is 18.4 Å². The molecule has 1 amide bonds. The maximum Gasteiger partial charge on any atom is 0.332 e. The van der Waals surface area contributed by atoms with E-state index in [4.69, 9.17) is 10.2 Å². The lowest BCUT2D eigenvalue weighted by Gasteiger charge is -2.08. The fourth-order valence-electron chi connectivity index (χ4n) is 1.53. The molecule has 0 spiro atoms. The van der Waals surface area contributed by atoms with E-state index in [2.05, 4.69) is 5.32 Å². The average Bonchev–Trinajstić information content (AvgIpc) is 2.37. The average molecular weight is 267 g/mol. The quantitative estimate of drug-likeness (QED) is 0.567. The van der Waals surface area contributed by atoms with Crippen LogP contribution in [0, 0.1) is 0 Å². The molecular weight excluding hydrogens is 250 g/mol. The normalized spacial score (nSPS) is 11.8. The largest absolute Gasteiger partial charge is 0.508 e. The second-order valence-corrected chi connectivity index (χ2v) is 4.12. The van der Waals surface area contributed by atoms with Crippen molar-refractivity contribution < 1.29 is 24.9 Å². The van der Waals surface area contributed by atoms with Crippen molar-refractivity contribution in [2.24, 2.45) is 0 Å². The van der Waals surface area contributed by atoms with E-state index >= 15 is 0 Å². The van der Waals surface area contributed by atoms with Gasteiger partial charge in [-0.05, 0) is 18.1 Å². The monoisotopic (exact) mass is 267 g/mol. The Morgan fingerprint density at radius 2 is 1.95 bits per heavy atom. The van der Waals surface area contributed by atoms with Crippen LogP contribution in [-0.2, 0) is 16.0 Å². The Balaban J connectivity index is 2.25. The Bertz CT molecular complexity index is 446. The number of aliphatic hydroxyl groups is 1. The van der Waals surface area contributed by atoms with Crippen LogP contribution in [0.15, 0.2) is 24.3 Å². The number of phenolic OH excluding ortho intramolecular Hbond substituents is 1. The number of phenols is 1. The number of rotatable bonds is 7. The molecule has 1 aromatic carbocycles. The number of aliphatic hydroxyl groups excluding tert-OH is 1. The zero-order valence-corrected chi connectivity index (χ0v) is 10.4. The Labute approximate surface area is 110 Å². The van der Waals surface area contributed by atoms with Gasteiger partial charge in [0.2, 0.25) is 5.91 Å². The maximum absolute atomic E-state index is 11.5. The second-order valence-electron chi connectivity index (χ2n) is 4.12. The van der Waals surface area contributed by atoms with Crippen LogP contribution in [0.5, 0.6) is 5.75 Å². The molecule has 0 aliphatic heterocycles. The van der Waals surface area contributed by atoms with Crippen molar-refractivity contribution in [2.45, 2.75) is 25.4 Å². The third-order valence-electron chi connectivity index (χ3n) is 2.64. The zero-order valence-electron chi connectivity index (χ0n) is 10.4. The van der Waals surface area contributed by atoms with Gasteiger partial charge in [-0.2, -0.15) is 0 Å². The molecule has 0 aromatic heterocycles. The number of aliphatic carboxylic acids is 1. The molecule has 0 bridgehead atoms. The SMILES string of the molecule is O=C(CCc1ccccc1O)NCC[C@H](O)C(=O)O. The Morgan fingerprint density at radius 1 is 1.26 bits per heavy atom. The lowest BCUT2D eigenvalue weighted by Crippen LogP contribution is -2.30. The molecule has 0 aliphatic carbocycles. The first-order valence-electron chi connectivity index (χ1n) is 5.95. The molecule has 1 aromatic rings. The molecule has 0 radical (unpaired) electrons. The summed E-state index contributed by atoms with van der Waals surface area (Å²) >= 11 is 0. The second kappa shape index (κ2) is 7.38. The number of aryl methyl sites for hydroxylation is 1. The van der Waals surface area contributed by atoms with Gasteiger partial charge in [0.25, 0.3) is 0 Å². The first-order valence-corrected chi connectivity index (χ1v) is 5.95. The molecule has 104 valence electrons. The summed E-state index contributed by atoms with van der Waals surface area (Å²) in [4.78, 5) is 21.8. The topological polar surface area (TPSA) is 107 Å². The Hall–Kier alpha value is -2.08. The highest BCUT2D eigenvalue weighted by Gasteiger charge is 2.12. The number of para-hydroxylation sites is 1. The van der Waals surface area contributed by atoms with Crippen molar-refractivity contribution in [2.75, 3.05) is 6.54 Å². The molecule has 0 saturated carbocycles. The van der Waals surface area contributed by atoms with E-state index in [1.165, 1.54) is 0 Å². The van der Waals surface area contributed by atoms with Gasteiger partial charge < -0.3 is 20.6 Å². The van der Waals surface area contributed by atoms with Gasteiger partial charge in [0.05, 0.1) is 0 Å². The van der Waals surface area contributed by atoms with E-state index in [0.717, 1.165) is 0 Å². The summed E-state index contributed by atoms with van der Waals surface area (Å²) < 4.78 is 0. The number of carbonyl (C=O) groups excluding carboxylic acids is 1. The van der Waals surface area contributed by atoms with E-state index < -0.39 is 12.1 Å². The van der Waals surface area contributed by atoms with Gasteiger partial charge in [-0.25, -0.2) is 4.79 Å². The highest BCUT2D eigenvalue weighted by molar-refractivity contribution is 5.76. The predicted molar refractivity (Wildman–Crippen MR) is 67.7 cm³/mol. The van der Waals surface area contributed by atoms with Crippen molar-refractivity contribution in [3.8, 4) is 5.75 Å². The lowest BCUT2D eigenvalue weighted by atomic mass is 10.1. The van der Waals surface area contributed by atoms with Crippen molar-refractivity contribution in [3.05, 3.63) is 29.8 Å². The summed E-state index contributed by atoms with van der Waals surface area (Å²) in [5.74, 6) is -1.40. The van der Waals surface area contributed by atoms with Crippen LogP contribution in [-0.4, -0.2) is 39.8 Å². The number of nitrogens with one attached hydrogen (secondary N) is 1. The summed E-state index contributed by atoms with van der Waals surface area (Å²) in [7, 11) is 0. The van der Waals surface area contributed by atoms with Crippen molar-refractivity contribution >= 4 is 11.9 Å². The van der Waals surface area contributed by atoms with Gasteiger partial charge in [0.1, 0.15) is 5.75 Å². The standard InChI is InChI=1S/C13H17NO5/c15-10-4-2-1-3-9(10)5-6-12(17)14-8-7-11(16)13(18)19/h1-4,11,15-16H,5-8H2,(H,14,17)(H,18,19)/t11-/m0/s1. The van der Waals surface area contributed by atoms with Gasteiger partial charge in [0.15, 0.2) is 6.10 Å². The molecule has 6 nitrogen and oxygen atoms in total. The summed E-state index contributed by atoms with van der Waals surface area (Å²) in [5, 5.41) is 29.5. The third kappa shape index (κ3) is 5.39. The van der Waals surface area contributed by atoms with Gasteiger partial charge in [-0.1, -0.05) is 18.2 Å². The van der Waals surface area contributed by atoms with Gasteiger partial charge in [0, 0.05) is 19.4 Å². The fraction of sp³-hybridized carbons (Fsp3) is 0.385. The number of hydrogen-bond donors (Lipinski definition) is 4. The summed E-state index contributed by atoms with van der Waals surface area (Å²) in [5.41, 5.74) is 0.684. The first kappa shape index (κ1) is 15.0. The van der Waals surface area contributed by atoms with E-state index in [-0.39, 0.29) is 31.0 Å². The highest BCUT2D eigenvalue weighted by atomic mass is 16.4. The van der Waals surface area contributed by atoms with E-state index in [1.54, 1.807) is 24.3 Å². The molecule has 6 heteroatoms. The number of carboxylic acid groups (broad SMARTS) is 1. The third-order valence-corrected chi connectivity index (χ3v) is 2.64. The lowest BCUT2D eigenvalue weighted by molar-refractivity contribution is -0.147. The Kier molecular flexibility index (Phi) is 5.81. The molecule has 1 rings (SSSR count). The summed E-state index contributed by atoms with van der Waals surface area (Å²) in [6.07, 6.45) is -0.892. The van der Waals surface area contributed by atoms with Crippen molar-refractivity contribution in [3.63, 3.8) is 0 Å². The van der Waals surface area contributed by atoms with Crippen LogP contribution < -0.4 is 5.32 Å². The number of carboxylic acids is 1. The minimum absolute atomic E-state index is 0.0301. The molecule has 0 unspecified atom stereocenters. The summed E-state index contributed by atoms with van der Waals surface area (Å²) in [6.45, 7) is 0.104. The van der Waals surface area contributed by atoms with Crippen LogP contribution in [0.25, 0.3) is 0 Å². The van der Waals surface area contributed by atoms with Gasteiger partial charge in [-0.15, -0.1) is 0 Å². The molecule has 0 aliphatic rings. The van der Waals surface area contributed by atoms with Crippen molar-refractivity contribution in [1.82, 2.24) is 5.32 Å². The van der Waals surface area contributed by atoms with Crippen LogP contribution in [0.2, 0.25) is 0 Å². The molecule has 0 saturated heterocycles. The van der Waals surface area contributed by atoms with Crippen LogP contribution in [0.4, 0.5) is 0 Å². The van der Waals surface area contributed by atoms with E-state index in [1.807, 2.05) is 0 Å². The smallest absolute Gasteiger partial charge is 0.332 e. The van der Waals surface area contributed by atoms with Gasteiger partial charge in [-0.3, -0.25) is 4.79 Å². The predicted octanol–water partition coefficient (Wildman–Crippen LogP) is 0.277. The molecule has 1 atom stereocenters. The van der Waals surface area contributed by atoms with E-state index in [0.29, 0.717) is 12.0 Å². The molecule has 0 fully saturated rings.